The Hall–Kier alpha value is -0.610. The number of halogens is 1. The average Bonchev–Trinajstić information content (AvgIpc) is 1.94. The average molecular weight is 191 g/mol. The highest BCUT2D eigenvalue weighted by Crippen LogP contribution is 2.17. The van der Waals surface area contributed by atoms with Crippen molar-refractivity contribution in [1.82, 2.24) is 4.98 Å². The zero-order valence-corrected chi connectivity index (χ0v) is 7.45. The number of aromatic nitrogens is 1. The monoisotopic (exact) mass is 190 g/mol. The maximum atomic E-state index is 10.9. The maximum absolute atomic E-state index is 10.9. The Morgan fingerprint density at radius 2 is 2.36 bits per heavy atom. The van der Waals surface area contributed by atoms with E-state index in [1.807, 2.05) is 0 Å². The van der Waals surface area contributed by atoms with E-state index in [9.17, 15) is 4.21 Å². The molecule has 0 radical (unpaired) electrons. The van der Waals surface area contributed by atoms with E-state index in [1.165, 1.54) is 6.20 Å². The molecule has 5 heteroatoms. The van der Waals surface area contributed by atoms with Gasteiger partial charge in [-0.3, -0.25) is 4.21 Å². The Labute approximate surface area is 72.0 Å². The van der Waals surface area contributed by atoms with Crippen LogP contribution < -0.4 is 5.73 Å². The molecule has 0 unspecified atom stereocenters. The van der Waals surface area contributed by atoms with Crippen LogP contribution in [0.2, 0.25) is 5.02 Å². The fourth-order valence-corrected chi connectivity index (χ4v) is 1.30. The van der Waals surface area contributed by atoms with Crippen LogP contribution in [0.4, 0.5) is 5.82 Å². The van der Waals surface area contributed by atoms with E-state index in [2.05, 4.69) is 4.98 Å². The first-order valence-corrected chi connectivity index (χ1v) is 4.79. The van der Waals surface area contributed by atoms with E-state index in [0.717, 1.165) is 0 Å². The minimum Gasteiger partial charge on any atom is -0.382 e. The van der Waals surface area contributed by atoms with Gasteiger partial charge in [0.1, 0.15) is 5.82 Å². The molecule has 2 N–H and O–H groups in total. The second-order valence-corrected chi connectivity index (χ2v) is 3.78. The third-order valence-electron chi connectivity index (χ3n) is 1.18. The van der Waals surface area contributed by atoms with Crippen LogP contribution in [-0.4, -0.2) is 15.4 Å². The van der Waals surface area contributed by atoms with Crippen LogP contribution in [0, 0.1) is 0 Å². The highest BCUT2D eigenvalue weighted by Gasteiger charge is 2.01. The molecular weight excluding hydrogens is 184 g/mol. The summed E-state index contributed by atoms with van der Waals surface area (Å²) in [4.78, 5) is 4.34. The summed E-state index contributed by atoms with van der Waals surface area (Å²) in [7, 11) is -1.05. The molecule has 1 atom stereocenters. The summed E-state index contributed by atoms with van der Waals surface area (Å²) in [6, 6.07) is 1.56. The molecule has 3 nitrogen and oxygen atoms in total. The Morgan fingerprint density at radius 1 is 1.73 bits per heavy atom. The van der Waals surface area contributed by atoms with Crippen molar-refractivity contribution in [1.29, 1.82) is 0 Å². The quantitative estimate of drug-likeness (QED) is 0.721. The Morgan fingerprint density at radius 3 is 2.82 bits per heavy atom. The summed E-state index contributed by atoms with van der Waals surface area (Å²) in [5.41, 5.74) is 5.35. The molecule has 0 saturated carbocycles. The topological polar surface area (TPSA) is 56.0 Å². The molecule has 0 aliphatic carbocycles. The predicted molar refractivity (Wildman–Crippen MR) is 46.0 cm³/mol. The summed E-state index contributed by atoms with van der Waals surface area (Å²) < 4.78 is 10.9. The lowest BCUT2D eigenvalue weighted by molar-refractivity contribution is 0.686. The van der Waals surface area contributed by atoms with E-state index in [4.69, 9.17) is 17.3 Å². The lowest BCUT2D eigenvalue weighted by atomic mass is 10.5. The molecule has 0 amide bonds. The number of hydrogen-bond donors (Lipinski definition) is 1. The minimum atomic E-state index is -1.05. The molecule has 0 saturated heterocycles. The lowest BCUT2D eigenvalue weighted by Crippen LogP contribution is -1.94. The summed E-state index contributed by atoms with van der Waals surface area (Å²) in [6.07, 6.45) is 3.01. The molecule has 0 spiro atoms. The number of rotatable bonds is 1. The van der Waals surface area contributed by atoms with Crippen LogP contribution in [0.3, 0.4) is 0 Å². The molecule has 1 rings (SSSR count). The zero-order valence-electron chi connectivity index (χ0n) is 5.87. The smallest absolute Gasteiger partial charge is 0.142 e. The second kappa shape index (κ2) is 3.19. The molecule has 0 bridgehead atoms. The van der Waals surface area contributed by atoms with Crippen molar-refractivity contribution in [3.63, 3.8) is 0 Å². The summed E-state index contributed by atoms with van der Waals surface area (Å²) in [5, 5.41) is 0.345. The van der Waals surface area contributed by atoms with Gasteiger partial charge in [-0.1, -0.05) is 11.6 Å². The molecule has 1 aromatic rings. The van der Waals surface area contributed by atoms with Crippen LogP contribution in [0.25, 0.3) is 0 Å². The van der Waals surface area contributed by atoms with Crippen LogP contribution in [0.1, 0.15) is 0 Å². The van der Waals surface area contributed by atoms with Crippen molar-refractivity contribution in [3.05, 3.63) is 17.3 Å². The SMILES string of the molecule is C[S@](=O)c1cnc(N)c(Cl)c1. The van der Waals surface area contributed by atoms with E-state index in [-0.39, 0.29) is 5.82 Å². The molecule has 11 heavy (non-hydrogen) atoms. The second-order valence-electron chi connectivity index (χ2n) is 1.99. The van der Waals surface area contributed by atoms with Crippen molar-refractivity contribution < 1.29 is 4.21 Å². The molecule has 1 heterocycles. The predicted octanol–water partition coefficient (Wildman–Crippen LogP) is 1.05. The van der Waals surface area contributed by atoms with Crippen molar-refractivity contribution >= 4 is 28.2 Å². The van der Waals surface area contributed by atoms with Gasteiger partial charge in [-0.05, 0) is 6.07 Å². The van der Waals surface area contributed by atoms with Crippen molar-refractivity contribution in [2.24, 2.45) is 0 Å². The van der Waals surface area contributed by atoms with Crippen LogP contribution >= 0.6 is 11.6 Å². The van der Waals surface area contributed by atoms with E-state index in [0.29, 0.717) is 9.92 Å². The third kappa shape index (κ3) is 1.91. The summed E-state index contributed by atoms with van der Waals surface area (Å²) in [6.45, 7) is 0. The van der Waals surface area contributed by atoms with Crippen LogP contribution in [-0.2, 0) is 10.8 Å². The number of nitrogens with zero attached hydrogens (tertiary/aromatic N) is 1. The van der Waals surface area contributed by atoms with Gasteiger partial charge >= 0.3 is 0 Å². The van der Waals surface area contributed by atoms with E-state index >= 15 is 0 Å². The van der Waals surface area contributed by atoms with Gasteiger partial charge in [0, 0.05) is 12.5 Å². The first-order valence-electron chi connectivity index (χ1n) is 2.85. The van der Waals surface area contributed by atoms with Gasteiger partial charge < -0.3 is 5.73 Å². The largest absolute Gasteiger partial charge is 0.382 e. The Balaban J connectivity index is 3.15. The molecule has 0 aliphatic rings. The van der Waals surface area contributed by atoms with Gasteiger partial charge in [-0.25, -0.2) is 4.98 Å². The maximum Gasteiger partial charge on any atom is 0.142 e. The Bertz CT molecular complexity index is 303. The standard InChI is InChI=1S/C6H7ClN2OS/c1-11(10)4-2-5(7)6(8)9-3-4/h2-3H,1H3,(H2,8,9)/t11-/m0/s1. The van der Waals surface area contributed by atoms with Gasteiger partial charge in [0.2, 0.25) is 0 Å². The normalized spacial score (nSPS) is 12.9. The van der Waals surface area contributed by atoms with Crippen molar-refractivity contribution in [2.45, 2.75) is 4.90 Å². The molecule has 0 aromatic carbocycles. The van der Waals surface area contributed by atoms with Crippen LogP contribution in [0.5, 0.6) is 0 Å². The highest BCUT2D eigenvalue weighted by atomic mass is 35.5. The third-order valence-corrected chi connectivity index (χ3v) is 2.37. The molecule has 60 valence electrons. The van der Waals surface area contributed by atoms with Gasteiger partial charge in [0.25, 0.3) is 0 Å². The number of nitrogen functional groups attached to an aromatic ring is 1. The molecule has 0 fully saturated rings. The summed E-state index contributed by atoms with van der Waals surface area (Å²) in [5.74, 6) is 0.265. The number of hydrogen-bond acceptors (Lipinski definition) is 3. The fraction of sp³-hybridized carbons (Fsp3) is 0.167. The first-order chi connectivity index (χ1) is 5.11. The van der Waals surface area contributed by atoms with Gasteiger partial charge in [-0.15, -0.1) is 0 Å². The molecule has 0 aliphatic heterocycles. The summed E-state index contributed by atoms with van der Waals surface area (Å²) >= 11 is 5.64. The van der Waals surface area contributed by atoms with Crippen molar-refractivity contribution in [2.75, 3.05) is 12.0 Å². The molecular formula is C6H7ClN2OS. The Kier molecular flexibility index (Phi) is 2.46. The van der Waals surface area contributed by atoms with Crippen LogP contribution in [0.15, 0.2) is 17.2 Å². The van der Waals surface area contributed by atoms with Crippen molar-refractivity contribution in [3.8, 4) is 0 Å². The number of pyridine rings is 1. The lowest BCUT2D eigenvalue weighted by Gasteiger charge is -1.98. The van der Waals surface area contributed by atoms with E-state index in [1.54, 1.807) is 12.3 Å². The number of anilines is 1. The van der Waals surface area contributed by atoms with Gasteiger partial charge in [-0.2, -0.15) is 0 Å². The fourth-order valence-electron chi connectivity index (χ4n) is 0.588. The number of nitrogens with two attached hydrogens (primary N) is 1. The highest BCUT2D eigenvalue weighted by molar-refractivity contribution is 7.84. The molecule has 1 aromatic heterocycles. The minimum absolute atomic E-state index is 0.265. The first kappa shape index (κ1) is 8.49. The van der Waals surface area contributed by atoms with Gasteiger partial charge in [0.15, 0.2) is 0 Å². The van der Waals surface area contributed by atoms with Gasteiger partial charge in [0.05, 0.1) is 20.7 Å². The van der Waals surface area contributed by atoms with E-state index < -0.39 is 10.8 Å². The zero-order chi connectivity index (χ0) is 8.43.